The van der Waals surface area contributed by atoms with Crippen LogP contribution in [0, 0.1) is 13.8 Å². The second-order valence-corrected chi connectivity index (χ2v) is 5.47. The van der Waals surface area contributed by atoms with Gasteiger partial charge in [0.05, 0.1) is 4.88 Å². The number of hydrazine groups is 1. The average molecular weight is 276 g/mol. The van der Waals surface area contributed by atoms with Gasteiger partial charge < -0.3 is 4.74 Å². The highest BCUT2D eigenvalue weighted by Gasteiger charge is 2.08. The number of benzene rings is 1. The summed E-state index contributed by atoms with van der Waals surface area (Å²) in [4.78, 5) is 12.9. The van der Waals surface area contributed by atoms with Gasteiger partial charge in [0.2, 0.25) is 0 Å². The molecule has 0 aliphatic heterocycles. The summed E-state index contributed by atoms with van der Waals surface area (Å²) in [6, 6.07) is 9.72. The number of ether oxygens (including phenoxy) is 1. The summed E-state index contributed by atoms with van der Waals surface area (Å²) in [5.74, 6) is 5.69. The monoisotopic (exact) mass is 276 g/mol. The number of carbonyl (C=O) groups excluding carboxylic acids is 1. The van der Waals surface area contributed by atoms with Crippen molar-refractivity contribution in [2.75, 3.05) is 0 Å². The van der Waals surface area contributed by atoms with Crippen LogP contribution in [0.15, 0.2) is 30.3 Å². The molecule has 0 saturated heterocycles. The van der Waals surface area contributed by atoms with Gasteiger partial charge in [-0.3, -0.25) is 10.2 Å². The minimum Gasteiger partial charge on any atom is -0.488 e. The maximum atomic E-state index is 11.3. The lowest BCUT2D eigenvalue weighted by Gasteiger charge is -2.08. The zero-order valence-electron chi connectivity index (χ0n) is 10.9. The summed E-state index contributed by atoms with van der Waals surface area (Å²) in [5, 5.41) is 0. The molecule has 3 N–H and O–H groups in total. The Labute approximate surface area is 116 Å². The lowest BCUT2D eigenvalue weighted by Crippen LogP contribution is -2.29. The molecule has 0 radical (unpaired) electrons. The molecule has 19 heavy (non-hydrogen) atoms. The van der Waals surface area contributed by atoms with Crippen LogP contribution in [0.5, 0.6) is 5.75 Å². The molecule has 0 unspecified atom stereocenters. The van der Waals surface area contributed by atoms with Crippen molar-refractivity contribution >= 4 is 17.2 Å². The van der Waals surface area contributed by atoms with Crippen LogP contribution in [0.25, 0.3) is 0 Å². The Bertz CT molecular complexity index is 593. The minimum absolute atomic E-state index is 0.275. The Morgan fingerprint density at radius 1 is 1.32 bits per heavy atom. The summed E-state index contributed by atoms with van der Waals surface area (Å²) >= 11 is 1.38. The van der Waals surface area contributed by atoms with Crippen molar-refractivity contribution in [1.82, 2.24) is 5.43 Å². The molecular formula is C14H16N2O2S. The summed E-state index contributed by atoms with van der Waals surface area (Å²) in [7, 11) is 0. The Morgan fingerprint density at radius 2 is 2.11 bits per heavy atom. The van der Waals surface area contributed by atoms with Crippen LogP contribution in [0.1, 0.15) is 25.7 Å². The lowest BCUT2D eigenvalue weighted by molar-refractivity contribution is 0.0957. The van der Waals surface area contributed by atoms with Crippen molar-refractivity contribution in [3.63, 3.8) is 0 Å². The molecule has 1 aromatic heterocycles. The van der Waals surface area contributed by atoms with Crippen LogP contribution >= 0.6 is 11.3 Å². The van der Waals surface area contributed by atoms with E-state index in [1.165, 1.54) is 11.3 Å². The van der Waals surface area contributed by atoms with E-state index in [0.29, 0.717) is 11.5 Å². The van der Waals surface area contributed by atoms with Gasteiger partial charge in [-0.1, -0.05) is 12.1 Å². The second-order valence-electron chi connectivity index (χ2n) is 4.30. The summed E-state index contributed by atoms with van der Waals surface area (Å²) in [6.45, 7) is 4.49. The zero-order valence-corrected chi connectivity index (χ0v) is 11.7. The third-order valence-electron chi connectivity index (χ3n) is 2.73. The van der Waals surface area contributed by atoms with Gasteiger partial charge in [0.1, 0.15) is 12.4 Å². The second kappa shape index (κ2) is 5.86. The number of carbonyl (C=O) groups is 1. The Hall–Kier alpha value is -1.85. The highest BCUT2D eigenvalue weighted by molar-refractivity contribution is 7.14. The number of nitrogen functional groups attached to an aromatic ring is 1. The first-order chi connectivity index (χ1) is 9.10. The van der Waals surface area contributed by atoms with E-state index < -0.39 is 0 Å². The number of nitrogens with one attached hydrogen (secondary N) is 1. The first-order valence-electron chi connectivity index (χ1n) is 5.90. The number of hydrogen-bond acceptors (Lipinski definition) is 4. The van der Waals surface area contributed by atoms with E-state index in [4.69, 9.17) is 10.6 Å². The standard InChI is InChI=1S/C14H16N2O2S/c1-9-3-4-10(2)12(7-9)18-8-11-5-6-13(19-11)14(17)16-15/h3-7H,8,15H2,1-2H3,(H,16,17). The zero-order chi connectivity index (χ0) is 13.8. The van der Waals surface area contributed by atoms with E-state index in [1.54, 1.807) is 6.07 Å². The molecule has 4 nitrogen and oxygen atoms in total. The predicted molar refractivity (Wildman–Crippen MR) is 76.2 cm³/mol. The third kappa shape index (κ3) is 3.33. The van der Waals surface area contributed by atoms with Gasteiger partial charge in [-0.25, -0.2) is 5.84 Å². The Balaban J connectivity index is 2.04. The van der Waals surface area contributed by atoms with Gasteiger partial charge in [-0.05, 0) is 43.2 Å². The fourth-order valence-electron chi connectivity index (χ4n) is 1.66. The number of thiophene rings is 1. The number of amides is 1. The van der Waals surface area contributed by atoms with Gasteiger partial charge >= 0.3 is 0 Å². The van der Waals surface area contributed by atoms with Crippen LogP contribution in [0.2, 0.25) is 0 Å². The quantitative estimate of drug-likeness (QED) is 0.512. The number of nitrogens with two attached hydrogens (primary N) is 1. The van der Waals surface area contributed by atoms with Crippen molar-refractivity contribution in [2.24, 2.45) is 5.84 Å². The molecule has 100 valence electrons. The average Bonchev–Trinajstić information content (AvgIpc) is 2.88. The van der Waals surface area contributed by atoms with Gasteiger partial charge in [-0.15, -0.1) is 11.3 Å². The van der Waals surface area contributed by atoms with E-state index >= 15 is 0 Å². The third-order valence-corrected chi connectivity index (χ3v) is 3.79. The molecule has 1 aromatic carbocycles. The molecule has 1 heterocycles. The normalized spacial score (nSPS) is 10.3. The fourth-order valence-corrected chi connectivity index (χ4v) is 2.48. The minimum atomic E-state index is -0.275. The SMILES string of the molecule is Cc1ccc(C)c(OCc2ccc(C(=O)NN)s2)c1. The van der Waals surface area contributed by atoms with Crippen molar-refractivity contribution in [3.05, 3.63) is 51.2 Å². The van der Waals surface area contributed by atoms with Crippen LogP contribution in [-0.4, -0.2) is 5.91 Å². The van der Waals surface area contributed by atoms with Crippen molar-refractivity contribution in [2.45, 2.75) is 20.5 Å². The maximum absolute atomic E-state index is 11.3. The molecule has 0 fully saturated rings. The van der Waals surface area contributed by atoms with Crippen molar-refractivity contribution < 1.29 is 9.53 Å². The fraction of sp³-hybridized carbons (Fsp3) is 0.214. The number of rotatable bonds is 4. The van der Waals surface area contributed by atoms with Crippen LogP contribution in [0.3, 0.4) is 0 Å². The summed E-state index contributed by atoms with van der Waals surface area (Å²) < 4.78 is 5.78. The first kappa shape index (κ1) is 13.6. The highest BCUT2D eigenvalue weighted by Crippen LogP contribution is 2.22. The van der Waals surface area contributed by atoms with E-state index in [9.17, 15) is 4.79 Å². The highest BCUT2D eigenvalue weighted by atomic mass is 32.1. The first-order valence-corrected chi connectivity index (χ1v) is 6.71. The Morgan fingerprint density at radius 3 is 2.84 bits per heavy atom. The van der Waals surface area contributed by atoms with Gasteiger partial charge in [0.25, 0.3) is 5.91 Å². The molecule has 0 atom stereocenters. The molecule has 0 spiro atoms. The van der Waals surface area contributed by atoms with Crippen LogP contribution < -0.4 is 16.0 Å². The Kier molecular flexibility index (Phi) is 4.19. The van der Waals surface area contributed by atoms with Crippen LogP contribution in [-0.2, 0) is 6.61 Å². The summed E-state index contributed by atoms with van der Waals surface area (Å²) in [6.07, 6.45) is 0. The van der Waals surface area contributed by atoms with E-state index in [-0.39, 0.29) is 5.91 Å². The van der Waals surface area contributed by atoms with Crippen LogP contribution in [0.4, 0.5) is 0 Å². The molecule has 1 amide bonds. The van der Waals surface area contributed by atoms with E-state index in [1.807, 2.05) is 32.0 Å². The lowest BCUT2D eigenvalue weighted by atomic mass is 10.1. The largest absolute Gasteiger partial charge is 0.488 e. The van der Waals surface area contributed by atoms with Crippen molar-refractivity contribution in [1.29, 1.82) is 0 Å². The molecule has 0 saturated carbocycles. The van der Waals surface area contributed by atoms with Crippen molar-refractivity contribution in [3.8, 4) is 5.75 Å². The summed E-state index contributed by atoms with van der Waals surface area (Å²) in [5.41, 5.74) is 4.38. The number of hydrogen-bond donors (Lipinski definition) is 2. The molecule has 5 heteroatoms. The van der Waals surface area contributed by atoms with Gasteiger partial charge in [-0.2, -0.15) is 0 Å². The predicted octanol–water partition coefficient (Wildman–Crippen LogP) is 2.55. The van der Waals surface area contributed by atoms with E-state index in [2.05, 4.69) is 11.5 Å². The van der Waals surface area contributed by atoms with Gasteiger partial charge in [0, 0.05) is 4.88 Å². The molecule has 0 bridgehead atoms. The molecule has 2 rings (SSSR count). The molecule has 0 aliphatic carbocycles. The van der Waals surface area contributed by atoms with E-state index in [0.717, 1.165) is 21.8 Å². The molecule has 0 aliphatic rings. The van der Waals surface area contributed by atoms with Gasteiger partial charge in [0.15, 0.2) is 0 Å². The maximum Gasteiger partial charge on any atom is 0.275 e. The number of aryl methyl sites for hydroxylation is 2. The molecule has 2 aromatic rings. The topological polar surface area (TPSA) is 64.3 Å². The molecular weight excluding hydrogens is 260 g/mol. The smallest absolute Gasteiger partial charge is 0.275 e.